The second-order valence-corrected chi connectivity index (χ2v) is 8.59. The Balaban J connectivity index is 0.00000205. The predicted molar refractivity (Wildman–Crippen MR) is 113 cm³/mol. The molecule has 4 heterocycles. The summed E-state index contributed by atoms with van der Waals surface area (Å²) in [6.07, 6.45) is 1.77. The Labute approximate surface area is 178 Å². The van der Waals surface area contributed by atoms with Crippen LogP contribution in [0.3, 0.4) is 0 Å². The fourth-order valence-corrected chi connectivity index (χ4v) is 5.55. The van der Waals surface area contributed by atoms with Gasteiger partial charge in [0.2, 0.25) is 0 Å². The molecule has 1 amide bonds. The number of hydrogen-bond acceptors (Lipinski definition) is 5. The Hall–Kier alpha value is -2.03. The molecule has 2 aromatic heterocycles. The molecule has 1 aromatic carbocycles. The van der Waals surface area contributed by atoms with Crippen LogP contribution in [0.25, 0.3) is 10.1 Å². The van der Waals surface area contributed by atoms with E-state index in [1.165, 1.54) is 17.4 Å². The fourth-order valence-electron chi connectivity index (χ4n) is 4.36. The number of nitrogens with one attached hydrogen (secondary N) is 1. The molecule has 3 aromatic rings. The number of aryl methyl sites for hydroxylation is 1. The van der Waals surface area contributed by atoms with Crippen molar-refractivity contribution in [2.45, 2.75) is 38.8 Å². The number of rotatable bonds is 2. The number of nitrogens with zero attached hydrogens (tertiary/aromatic N) is 4. The van der Waals surface area contributed by atoms with Gasteiger partial charge >= 0.3 is 0 Å². The number of piperidine rings is 1. The van der Waals surface area contributed by atoms with Crippen LogP contribution in [0.2, 0.25) is 0 Å². The molecule has 0 radical (unpaired) electrons. The molecule has 0 bridgehead atoms. The van der Waals surface area contributed by atoms with Crippen LogP contribution >= 0.6 is 23.7 Å². The molecule has 154 valence electrons. The van der Waals surface area contributed by atoms with E-state index in [2.05, 4.69) is 20.1 Å². The summed E-state index contributed by atoms with van der Waals surface area (Å²) in [7, 11) is 0. The van der Waals surface area contributed by atoms with Crippen molar-refractivity contribution in [3.8, 4) is 0 Å². The highest BCUT2D eigenvalue weighted by Crippen LogP contribution is 2.35. The summed E-state index contributed by atoms with van der Waals surface area (Å²) in [5.74, 6) is 2.16. The van der Waals surface area contributed by atoms with Crippen molar-refractivity contribution in [2.75, 3.05) is 19.6 Å². The Morgan fingerprint density at radius 2 is 2.03 bits per heavy atom. The first-order chi connectivity index (χ1) is 13.6. The van der Waals surface area contributed by atoms with Gasteiger partial charge in [0, 0.05) is 42.2 Å². The number of amides is 1. The number of likely N-dealkylation sites (tertiary alicyclic amines) is 1. The average molecular weight is 436 g/mol. The van der Waals surface area contributed by atoms with Gasteiger partial charge in [-0.25, -0.2) is 4.39 Å². The maximum Gasteiger partial charge on any atom is 0.264 e. The third-order valence-electron chi connectivity index (χ3n) is 5.90. The minimum atomic E-state index is -0.255. The van der Waals surface area contributed by atoms with Crippen LogP contribution in [0.5, 0.6) is 0 Å². The van der Waals surface area contributed by atoms with E-state index in [1.54, 1.807) is 6.07 Å². The van der Waals surface area contributed by atoms with Gasteiger partial charge in [0.15, 0.2) is 0 Å². The van der Waals surface area contributed by atoms with Gasteiger partial charge in [-0.3, -0.25) is 4.79 Å². The number of halogens is 2. The molecule has 1 N–H and O–H groups in total. The van der Waals surface area contributed by atoms with E-state index in [0.717, 1.165) is 54.4 Å². The summed E-state index contributed by atoms with van der Waals surface area (Å²) >= 11 is 1.39. The van der Waals surface area contributed by atoms with Crippen molar-refractivity contribution < 1.29 is 9.18 Å². The molecule has 0 saturated carbocycles. The van der Waals surface area contributed by atoms with Gasteiger partial charge in [0.05, 0.1) is 11.4 Å². The van der Waals surface area contributed by atoms with Crippen LogP contribution in [-0.2, 0) is 13.1 Å². The van der Waals surface area contributed by atoms with Gasteiger partial charge in [0.1, 0.15) is 17.5 Å². The third kappa shape index (κ3) is 3.43. The number of hydrogen-bond donors (Lipinski definition) is 1. The first-order valence-corrected chi connectivity index (χ1v) is 10.5. The third-order valence-corrected chi connectivity index (χ3v) is 7.14. The van der Waals surface area contributed by atoms with Crippen molar-refractivity contribution in [3.63, 3.8) is 0 Å². The number of benzene rings is 1. The molecule has 1 fully saturated rings. The van der Waals surface area contributed by atoms with Crippen LogP contribution in [0.1, 0.15) is 45.6 Å². The van der Waals surface area contributed by atoms with Crippen molar-refractivity contribution in [1.29, 1.82) is 0 Å². The van der Waals surface area contributed by atoms with E-state index in [0.29, 0.717) is 29.3 Å². The lowest BCUT2D eigenvalue weighted by Crippen LogP contribution is -2.38. The molecule has 2 aliphatic heterocycles. The second-order valence-electron chi connectivity index (χ2n) is 7.54. The van der Waals surface area contributed by atoms with Crippen LogP contribution in [0.15, 0.2) is 18.2 Å². The summed E-state index contributed by atoms with van der Waals surface area (Å²) in [6, 6.07) is 5.03. The molecule has 29 heavy (non-hydrogen) atoms. The normalized spacial score (nSPS) is 17.2. The fraction of sp³-hybridized carbons (Fsp3) is 0.450. The predicted octanol–water partition coefficient (Wildman–Crippen LogP) is 3.49. The summed E-state index contributed by atoms with van der Waals surface area (Å²) in [5.41, 5.74) is 0.754. The summed E-state index contributed by atoms with van der Waals surface area (Å²) in [5, 5.41) is 12.6. The summed E-state index contributed by atoms with van der Waals surface area (Å²) in [6.45, 7) is 5.85. The number of carbonyl (C=O) groups excluding carboxylic acids is 1. The van der Waals surface area contributed by atoms with E-state index < -0.39 is 0 Å². The van der Waals surface area contributed by atoms with Gasteiger partial charge in [0.25, 0.3) is 5.91 Å². The maximum absolute atomic E-state index is 14.2. The molecule has 1 saturated heterocycles. The van der Waals surface area contributed by atoms with Gasteiger partial charge in [-0.05, 0) is 37.5 Å². The number of aromatic nitrogens is 3. The SMILES string of the molecule is Cc1c(C(=O)N2CCC(c3nnc4n3CCNC4)CC2)sc2cccc(F)c12.Cl. The Bertz CT molecular complexity index is 1060. The molecule has 2 aliphatic rings. The molecule has 9 heteroatoms. The van der Waals surface area contributed by atoms with Gasteiger partial charge < -0.3 is 14.8 Å². The zero-order chi connectivity index (χ0) is 19.3. The van der Waals surface area contributed by atoms with Crippen LogP contribution in [-0.4, -0.2) is 45.2 Å². The minimum absolute atomic E-state index is 0. The molecule has 0 atom stereocenters. The average Bonchev–Trinajstić information content (AvgIpc) is 3.30. The molecule has 0 spiro atoms. The van der Waals surface area contributed by atoms with Gasteiger partial charge in [-0.2, -0.15) is 0 Å². The lowest BCUT2D eigenvalue weighted by atomic mass is 9.95. The van der Waals surface area contributed by atoms with Crippen molar-refractivity contribution >= 4 is 39.7 Å². The monoisotopic (exact) mass is 435 g/mol. The highest BCUT2D eigenvalue weighted by atomic mass is 35.5. The quantitative estimate of drug-likeness (QED) is 0.669. The minimum Gasteiger partial charge on any atom is -0.338 e. The maximum atomic E-state index is 14.2. The smallest absolute Gasteiger partial charge is 0.264 e. The van der Waals surface area contributed by atoms with Crippen LogP contribution in [0, 0.1) is 12.7 Å². The van der Waals surface area contributed by atoms with Gasteiger partial charge in [-0.1, -0.05) is 6.07 Å². The van der Waals surface area contributed by atoms with Crippen LogP contribution in [0.4, 0.5) is 4.39 Å². The highest BCUT2D eigenvalue weighted by molar-refractivity contribution is 7.21. The number of fused-ring (bicyclic) bond motifs is 2. The standard InChI is InChI=1S/C20H22FN5OS.ClH/c1-12-17-14(21)3-2-4-15(17)28-18(12)20(27)25-8-5-13(6-9-25)19-24-23-16-11-22-7-10-26(16)19;/h2-4,13,22H,5-11H2,1H3;1H. The molecular weight excluding hydrogens is 413 g/mol. The number of thiophene rings is 1. The van der Waals surface area contributed by atoms with E-state index in [4.69, 9.17) is 0 Å². The van der Waals surface area contributed by atoms with Gasteiger partial charge in [-0.15, -0.1) is 33.9 Å². The number of carbonyl (C=O) groups is 1. The van der Waals surface area contributed by atoms with E-state index >= 15 is 0 Å². The summed E-state index contributed by atoms with van der Waals surface area (Å²) < 4.78 is 17.2. The first-order valence-electron chi connectivity index (χ1n) is 9.73. The lowest BCUT2D eigenvalue weighted by molar-refractivity contribution is 0.0714. The van der Waals surface area contributed by atoms with E-state index in [-0.39, 0.29) is 24.1 Å². The zero-order valence-electron chi connectivity index (χ0n) is 16.2. The lowest BCUT2D eigenvalue weighted by Gasteiger charge is -2.32. The summed E-state index contributed by atoms with van der Waals surface area (Å²) in [4.78, 5) is 15.7. The van der Waals surface area contributed by atoms with Crippen molar-refractivity contribution in [3.05, 3.63) is 46.1 Å². The van der Waals surface area contributed by atoms with Crippen LogP contribution < -0.4 is 5.32 Å². The Morgan fingerprint density at radius 3 is 2.79 bits per heavy atom. The molecule has 0 aliphatic carbocycles. The molecule has 6 nitrogen and oxygen atoms in total. The van der Waals surface area contributed by atoms with Crippen molar-refractivity contribution in [2.24, 2.45) is 0 Å². The second kappa shape index (κ2) is 8.01. The topological polar surface area (TPSA) is 63.1 Å². The van der Waals surface area contributed by atoms with E-state index in [1.807, 2.05) is 17.9 Å². The zero-order valence-corrected chi connectivity index (χ0v) is 17.8. The molecule has 0 unspecified atom stereocenters. The largest absolute Gasteiger partial charge is 0.338 e. The van der Waals surface area contributed by atoms with E-state index in [9.17, 15) is 9.18 Å². The Kier molecular flexibility index (Phi) is 5.59. The molecular formula is C20H23ClFN5OS. The van der Waals surface area contributed by atoms with Crippen molar-refractivity contribution in [1.82, 2.24) is 25.0 Å². The highest BCUT2D eigenvalue weighted by Gasteiger charge is 2.30. The Morgan fingerprint density at radius 1 is 1.24 bits per heavy atom. The molecule has 5 rings (SSSR count). The first kappa shape index (κ1) is 20.3.